The predicted molar refractivity (Wildman–Crippen MR) is 155 cm³/mol. The first-order chi connectivity index (χ1) is 20.4. The maximum atomic E-state index is 14.3. The van der Waals surface area contributed by atoms with Crippen LogP contribution in [-0.4, -0.2) is 70.9 Å². The molecule has 222 valence electrons. The lowest BCUT2D eigenvalue weighted by Gasteiger charge is -2.30. The summed E-state index contributed by atoms with van der Waals surface area (Å²) in [5.74, 6) is 3.12. The third-order valence-corrected chi connectivity index (χ3v) is 8.37. The summed E-state index contributed by atoms with van der Waals surface area (Å²) in [6, 6.07) is 13.4. The molecule has 3 aromatic carbocycles. The van der Waals surface area contributed by atoms with Crippen LogP contribution >= 0.6 is 11.8 Å². The first-order valence-corrected chi connectivity index (χ1v) is 14.1. The highest BCUT2D eigenvalue weighted by atomic mass is 32.2. The molecule has 2 aliphatic rings. The van der Waals surface area contributed by atoms with Gasteiger partial charge in [0, 0.05) is 17.9 Å². The van der Waals surface area contributed by atoms with E-state index in [9.17, 15) is 9.59 Å². The summed E-state index contributed by atoms with van der Waals surface area (Å²) in [4.78, 5) is 29.5. The molecule has 1 N–H and O–H groups in total. The second kappa shape index (κ2) is 12.6. The minimum Gasteiger partial charge on any atom is -0.493 e. The number of fused-ring (bicyclic) bond motifs is 1. The van der Waals surface area contributed by atoms with E-state index in [1.165, 1.54) is 33.1 Å². The number of ether oxygens (including phenoxy) is 7. The maximum Gasteiger partial charge on any atom is 0.256 e. The summed E-state index contributed by atoms with van der Waals surface area (Å²) in [6.45, 7) is 0.420. The van der Waals surface area contributed by atoms with E-state index in [-0.39, 0.29) is 30.7 Å². The Hall–Kier alpha value is -4.45. The first kappa shape index (κ1) is 29.1. The molecule has 2 heterocycles. The highest BCUT2D eigenvalue weighted by Gasteiger charge is 2.43. The highest BCUT2D eigenvalue weighted by molar-refractivity contribution is 7.99. The van der Waals surface area contributed by atoms with Gasteiger partial charge in [-0.05, 0) is 47.5 Å². The SMILES string of the molecule is COc1ccc(C2SCC(C(=O)NCc3ccc4c(c3)OCO4)N2C(=O)c2cc(OC)c(OC)c(OC)c2)cc1OC. The van der Waals surface area contributed by atoms with Gasteiger partial charge in [-0.3, -0.25) is 9.59 Å². The number of hydrogen-bond acceptors (Lipinski definition) is 10. The fourth-order valence-corrected chi connectivity index (χ4v) is 6.35. The Morgan fingerprint density at radius 2 is 1.52 bits per heavy atom. The second-order valence-corrected chi connectivity index (χ2v) is 10.5. The Morgan fingerprint density at radius 3 is 2.19 bits per heavy atom. The van der Waals surface area contributed by atoms with Gasteiger partial charge < -0.3 is 43.4 Å². The van der Waals surface area contributed by atoms with Crippen molar-refractivity contribution >= 4 is 23.6 Å². The lowest BCUT2D eigenvalue weighted by molar-refractivity contribution is -0.125. The summed E-state index contributed by atoms with van der Waals surface area (Å²) in [5.41, 5.74) is 1.91. The van der Waals surface area contributed by atoms with Gasteiger partial charge in [-0.2, -0.15) is 0 Å². The molecule has 2 aliphatic heterocycles. The lowest BCUT2D eigenvalue weighted by Crippen LogP contribution is -2.47. The van der Waals surface area contributed by atoms with Gasteiger partial charge in [0.2, 0.25) is 18.4 Å². The van der Waals surface area contributed by atoms with Crippen LogP contribution in [0.4, 0.5) is 0 Å². The number of carbonyl (C=O) groups is 2. The standard InChI is InChI=1S/C30H32N2O9S/c1-35-21-9-7-18(11-23(21)36-2)30-32(29(34)19-12-25(37-3)27(39-5)26(13-19)38-4)20(15-42-30)28(33)31-14-17-6-8-22-24(10-17)41-16-40-22/h6-13,20,30H,14-16H2,1-5H3,(H,31,33). The van der Waals surface area contributed by atoms with Crippen molar-refractivity contribution in [1.82, 2.24) is 10.2 Å². The average molecular weight is 597 g/mol. The van der Waals surface area contributed by atoms with Crippen LogP contribution < -0.4 is 38.5 Å². The van der Waals surface area contributed by atoms with Crippen molar-refractivity contribution in [3.05, 3.63) is 65.2 Å². The fraction of sp³-hybridized carbons (Fsp3) is 0.333. The summed E-state index contributed by atoms with van der Waals surface area (Å²) in [6.07, 6.45) is 0. The molecular weight excluding hydrogens is 564 g/mol. The largest absolute Gasteiger partial charge is 0.493 e. The Bertz CT molecular complexity index is 1460. The molecule has 11 nitrogen and oxygen atoms in total. The lowest BCUT2D eigenvalue weighted by atomic mass is 10.1. The van der Waals surface area contributed by atoms with Crippen LogP contribution in [-0.2, 0) is 11.3 Å². The third kappa shape index (κ3) is 5.54. The molecule has 0 spiro atoms. The van der Waals surface area contributed by atoms with E-state index in [0.717, 1.165) is 11.1 Å². The molecule has 1 fully saturated rings. The third-order valence-electron chi connectivity index (χ3n) is 7.05. The quantitative estimate of drug-likeness (QED) is 0.368. The van der Waals surface area contributed by atoms with Crippen molar-refractivity contribution in [3.63, 3.8) is 0 Å². The molecule has 2 atom stereocenters. The Labute approximate surface area is 247 Å². The number of nitrogens with zero attached hydrogens (tertiary/aromatic N) is 1. The number of amides is 2. The molecule has 0 saturated carbocycles. The van der Waals surface area contributed by atoms with Gasteiger partial charge in [0.15, 0.2) is 34.5 Å². The van der Waals surface area contributed by atoms with Gasteiger partial charge in [-0.25, -0.2) is 0 Å². The van der Waals surface area contributed by atoms with E-state index < -0.39 is 11.4 Å². The van der Waals surface area contributed by atoms with E-state index in [1.807, 2.05) is 30.3 Å². The van der Waals surface area contributed by atoms with Gasteiger partial charge >= 0.3 is 0 Å². The van der Waals surface area contributed by atoms with Crippen LogP contribution in [0.5, 0.6) is 40.2 Å². The average Bonchev–Trinajstić information content (AvgIpc) is 3.69. The minimum atomic E-state index is -0.770. The molecule has 12 heteroatoms. The van der Waals surface area contributed by atoms with Crippen molar-refractivity contribution in [2.75, 3.05) is 48.1 Å². The first-order valence-electron chi connectivity index (χ1n) is 13.0. The Morgan fingerprint density at radius 1 is 0.833 bits per heavy atom. The van der Waals surface area contributed by atoms with E-state index in [2.05, 4.69) is 5.32 Å². The number of rotatable bonds is 10. The zero-order valence-corrected chi connectivity index (χ0v) is 24.7. The van der Waals surface area contributed by atoms with E-state index in [1.54, 1.807) is 37.3 Å². The molecule has 5 rings (SSSR count). The van der Waals surface area contributed by atoms with Gasteiger partial charge in [0.05, 0.1) is 35.5 Å². The smallest absolute Gasteiger partial charge is 0.256 e. The number of thioether (sulfide) groups is 1. The van der Waals surface area contributed by atoms with Gasteiger partial charge in [0.25, 0.3) is 5.91 Å². The topological polar surface area (TPSA) is 114 Å². The van der Waals surface area contributed by atoms with E-state index >= 15 is 0 Å². The predicted octanol–water partition coefficient (Wildman–Crippen LogP) is 4.03. The zero-order chi connectivity index (χ0) is 29.8. The minimum absolute atomic E-state index is 0.167. The zero-order valence-electron chi connectivity index (χ0n) is 23.9. The number of carbonyl (C=O) groups excluding carboxylic acids is 2. The molecular formula is C30H32N2O9S. The van der Waals surface area contributed by atoms with E-state index in [0.29, 0.717) is 46.0 Å². The molecule has 2 amide bonds. The molecule has 0 bridgehead atoms. The molecule has 0 aromatic heterocycles. The van der Waals surface area contributed by atoms with Gasteiger partial charge in [-0.15, -0.1) is 11.8 Å². The Kier molecular flexibility index (Phi) is 8.72. The van der Waals surface area contributed by atoms with Crippen molar-refractivity contribution in [3.8, 4) is 40.2 Å². The van der Waals surface area contributed by atoms with Crippen molar-refractivity contribution < 1.29 is 42.7 Å². The van der Waals surface area contributed by atoms with Crippen LogP contribution in [0.25, 0.3) is 0 Å². The number of hydrogen-bond donors (Lipinski definition) is 1. The van der Waals surface area contributed by atoms with Crippen LogP contribution in [0.2, 0.25) is 0 Å². The monoisotopic (exact) mass is 596 g/mol. The van der Waals surface area contributed by atoms with Crippen molar-refractivity contribution in [1.29, 1.82) is 0 Å². The normalized spacial score (nSPS) is 17.0. The van der Waals surface area contributed by atoms with Crippen molar-refractivity contribution in [2.45, 2.75) is 18.0 Å². The molecule has 2 unspecified atom stereocenters. The number of methoxy groups -OCH3 is 5. The second-order valence-electron chi connectivity index (χ2n) is 9.35. The molecule has 42 heavy (non-hydrogen) atoms. The van der Waals surface area contributed by atoms with Gasteiger partial charge in [-0.1, -0.05) is 12.1 Å². The summed E-state index contributed by atoms with van der Waals surface area (Å²) in [7, 11) is 7.57. The summed E-state index contributed by atoms with van der Waals surface area (Å²) >= 11 is 1.49. The number of nitrogens with one attached hydrogen (secondary N) is 1. The maximum absolute atomic E-state index is 14.3. The Balaban J connectivity index is 1.47. The van der Waals surface area contributed by atoms with Crippen LogP contribution in [0.1, 0.15) is 26.9 Å². The summed E-state index contributed by atoms with van der Waals surface area (Å²) in [5, 5.41) is 2.50. The van der Waals surface area contributed by atoms with Crippen molar-refractivity contribution in [2.24, 2.45) is 0 Å². The van der Waals surface area contributed by atoms with Crippen LogP contribution in [0.3, 0.4) is 0 Å². The van der Waals surface area contributed by atoms with E-state index in [4.69, 9.17) is 33.2 Å². The molecule has 0 aliphatic carbocycles. The molecule has 1 saturated heterocycles. The van der Waals surface area contributed by atoms with Crippen LogP contribution in [0, 0.1) is 0 Å². The fourth-order valence-electron chi connectivity index (χ4n) is 4.93. The van der Waals surface area contributed by atoms with Gasteiger partial charge in [0.1, 0.15) is 11.4 Å². The highest BCUT2D eigenvalue weighted by Crippen LogP contribution is 2.46. The van der Waals surface area contributed by atoms with Crippen LogP contribution in [0.15, 0.2) is 48.5 Å². The number of benzene rings is 3. The molecule has 0 radical (unpaired) electrons. The summed E-state index contributed by atoms with van der Waals surface area (Å²) < 4.78 is 38.1. The molecule has 3 aromatic rings.